The number of carbonyl (C=O) groups is 1. The lowest BCUT2D eigenvalue weighted by atomic mass is 10.1. The van der Waals surface area contributed by atoms with Crippen molar-refractivity contribution >= 4 is 44.7 Å². The Labute approximate surface area is 110 Å². The molecule has 0 aliphatic heterocycles. The first-order chi connectivity index (χ1) is 7.66. The first-order valence-electron chi connectivity index (χ1n) is 4.53. The van der Waals surface area contributed by atoms with Crippen LogP contribution >= 0.6 is 38.9 Å². The fourth-order valence-electron chi connectivity index (χ4n) is 1.28. The molecule has 2 aromatic rings. The van der Waals surface area contributed by atoms with E-state index >= 15 is 0 Å². The zero-order valence-electron chi connectivity index (χ0n) is 8.11. The molecule has 1 aromatic heterocycles. The van der Waals surface area contributed by atoms with E-state index in [2.05, 4.69) is 20.9 Å². The van der Waals surface area contributed by atoms with E-state index in [1.54, 1.807) is 18.3 Å². The Morgan fingerprint density at radius 1 is 1.50 bits per heavy atom. The summed E-state index contributed by atoms with van der Waals surface area (Å²) >= 11 is 10.8. The van der Waals surface area contributed by atoms with E-state index in [0.717, 1.165) is 9.48 Å². The third-order valence-electron chi connectivity index (χ3n) is 2.02. The van der Waals surface area contributed by atoms with Crippen LogP contribution in [0.15, 0.2) is 34.2 Å². The first kappa shape index (κ1) is 11.8. The molecule has 0 aliphatic rings. The molecule has 0 saturated carbocycles. The number of nitrogens with zero attached hydrogens (tertiary/aromatic N) is 1. The van der Waals surface area contributed by atoms with Crippen LogP contribution in [0.1, 0.15) is 15.4 Å². The van der Waals surface area contributed by atoms with Crippen LogP contribution in [0.2, 0.25) is 5.02 Å². The predicted molar refractivity (Wildman–Crippen MR) is 69.3 cm³/mol. The van der Waals surface area contributed by atoms with Gasteiger partial charge >= 0.3 is 0 Å². The monoisotopic (exact) mass is 315 g/mol. The SMILES string of the molecule is O=C(Cc1nccs1)c1cc(Br)ccc1Cl. The number of Topliss-reactive ketones (excluding diaryl/α,β-unsaturated/α-hetero) is 1. The minimum absolute atomic E-state index is 0.0127. The molecule has 0 fully saturated rings. The van der Waals surface area contributed by atoms with Gasteiger partial charge in [0.25, 0.3) is 0 Å². The van der Waals surface area contributed by atoms with Gasteiger partial charge in [-0.05, 0) is 18.2 Å². The minimum Gasteiger partial charge on any atom is -0.294 e. The standard InChI is InChI=1S/C11H7BrClNOS/c12-7-1-2-9(13)8(5-7)10(15)6-11-14-3-4-16-11/h1-5H,6H2. The Morgan fingerprint density at radius 2 is 2.31 bits per heavy atom. The summed E-state index contributed by atoms with van der Waals surface area (Å²) in [6.07, 6.45) is 1.99. The normalized spacial score (nSPS) is 10.4. The Hall–Kier alpha value is -0.710. The number of hydrogen-bond donors (Lipinski definition) is 0. The highest BCUT2D eigenvalue weighted by molar-refractivity contribution is 9.10. The predicted octanol–water partition coefficient (Wildman–Crippen LogP) is 3.98. The minimum atomic E-state index is -0.0127. The molecule has 0 atom stereocenters. The van der Waals surface area contributed by atoms with Crippen molar-refractivity contribution in [1.82, 2.24) is 4.98 Å². The number of halogens is 2. The number of thiazole rings is 1. The number of aromatic nitrogens is 1. The topological polar surface area (TPSA) is 30.0 Å². The summed E-state index contributed by atoms with van der Waals surface area (Å²) in [5.41, 5.74) is 0.534. The molecule has 1 aromatic carbocycles. The van der Waals surface area contributed by atoms with E-state index in [1.165, 1.54) is 11.3 Å². The van der Waals surface area contributed by atoms with Crippen LogP contribution in [0.25, 0.3) is 0 Å². The van der Waals surface area contributed by atoms with Gasteiger partial charge in [-0.25, -0.2) is 4.98 Å². The van der Waals surface area contributed by atoms with E-state index in [0.29, 0.717) is 17.0 Å². The zero-order chi connectivity index (χ0) is 11.5. The lowest BCUT2D eigenvalue weighted by Crippen LogP contribution is -2.04. The molecule has 0 bridgehead atoms. The van der Waals surface area contributed by atoms with Crippen LogP contribution in [0.5, 0.6) is 0 Å². The van der Waals surface area contributed by atoms with Gasteiger partial charge in [0, 0.05) is 21.6 Å². The molecular formula is C11H7BrClNOS. The summed E-state index contributed by atoms with van der Waals surface area (Å²) in [5.74, 6) is -0.0127. The van der Waals surface area contributed by atoms with E-state index in [-0.39, 0.29) is 5.78 Å². The number of benzene rings is 1. The fraction of sp³-hybridized carbons (Fsp3) is 0.0909. The molecule has 2 nitrogen and oxygen atoms in total. The molecule has 16 heavy (non-hydrogen) atoms. The summed E-state index contributed by atoms with van der Waals surface area (Å²) < 4.78 is 0.847. The van der Waals surface area contributed by atoms with Gasteiger partial charge in [-0.3, -0.25) is 4.79 Å². The van der Waals surface area contributed by atoms with Crippen molar-refractivity contribution in [3.8, 4) is 0 Å². The van der Waals surface area contributed by atoms with E-state index in [4.69, 9.17) is 11.6 Å². The van der Waals surface area contributed by atoms with Crippen LogP contribution in [-0.2, 0) is 6.42 Å². The van der Waals surface area contributed by atoms with Crippen molar-refractivity contribution in [3.63, 3.8) is 0 Å². The highest BCUT2D eigenvalue weighted by Gasteiger charge is 2.12. The maximum absolute atomic E-state index is 11.9. The summed E-state index contributed by atoms with van der Waals surface area (Å²) in [7, 11) is 0. The molecule has 1 heterocycles. The van der Waals surface area contributed by atoms with Crippen molar-refractivity contribution in [3.05, 3.63) is 49.8 Å². The average molecular weight is 317 g/mol. The first-order valence-corrected chi connectivity index (χ1v) is 6.58. The highest BCUT2D eigenvalue weighted by atomic mass is 79.9. The van der Waals surface area contributed by atoms with E-state index in [9.17, 15) is 4.79 Å². The number of ketones is 1. The Bertz CT molecular complexity index is 513. The van der Waals surface area contributed by atoms with Gasteiger partial charge in [0.15, 0.2) is 5.78 Å². The van der Waals surface area contributed by atoms with Gasteiger partial charge in [0.05, 0.1) is 11.4 Å². The van der Waals surface area contributed by atoms with Crippen molar-refractivity contribution in [2.75, 3.05) is 0 Å². The second kappa shape index (κ2) is 5.08. The van der Waals surface area contributed by atoms with Crippen LogP contribution < -0.4 is 0 Å². The molecule has 5 heteroatoms. The molecule has 0 unspecified atom stereocenters. The molecule has 0 spiro atoms. The van der Waals surface area contributed by atoms with Crippen LogP contribution in [0.3, 0.4) is 0 Å². The maximum Gasteiger partial charge on any atom is 0.171 e. The van der Waals surface area contributed by atoms with Crippen molar-refractivity contribution in [1.29, 1.82) is 0 Å². The molecule has 0 amide bonds. The van der Waals surface area contributed by atoms with Gasteiger partial charge in [-0.2, -0.15) is 0 Å². The quantitative estimate of drug-likeness (QED) is 0.802. The van der Waals surface area contributed by atoms with E-state index in [1.807, 2.05) is 11.4 Å². The third-order valence-corrected chi connectivity index (χ3v) is 3.63. The molecule has 0 N–H and O–H groups in total. The summed E-state index contributed by atoms with van der Waals surface area (Å²) in [5, 5.41) is 3.14. The highest BCUT2D eigenvalue weighted by Crippen LogP contribution is 2.22. The summed E-state index contributed by atoms with van der Waals surface area (Å²) in [4.78, 5) is 16.0. The summed E-state index contributed by atoms with van der Waals surface area (Å²) in [6.45, 7) is 0. The number of carbonyl (C=O) groups excluding carboxylic acids is 1. The van der Waals surface area contributed by atoms with Crippen LogP contribution in [0, 0.1) is 0 Å². The Kier molecular flexibility index (Phi) is 3.74. The van der Waals surface area contributed by atoms with Crippen LogP contribution in [-0.4, -0.2) is 10.8 Å². The Morgan fingerprint density at radius 3 is 3.00 bits per heavy atom. The van der Waals surface area contributed by atoms with Gasteiger partial charge in [-0.1, -0.05) is 27.5 Å². The smallest absolute Gasteiger partial charge is 0.171 e. The van der Waals surface area contributed by atoms with Gasteiger partial charge < -0.3 is 0 Å². The molecular weight excluding hydrogens is 310 g/mol. The number of hydrogen-bond acceptors (Lipinski definition) is 3. The molecule has 0 saturated heterocycles. The van der Waals surface area contributed by atoms with E-state index < -0.39 is 0 Å². The summed E-state index contributed by atoms with van der Waals surface area (Å²) in [6, 6.07) is 5.25. The largest absolute Gasteiger partial charge is 0.294 e. The lowest BCUT2D eigenvalue weighted by molar-refractivity contribution is 0.0993. The molecule has 0 aliphatic carbocycles. The van der Waals surface area contributed by atoms with Gasteiger partial charge in [-0.15, -0.1) is 11.3 Å². The lowest BCUT2D eigenvalue weighted by Gasteiger charge is -2.02. The third kappa shape index (κ3) is 2.70. The average Bonchev–Trinajstić information content (AvgIpc) is 2.74. The fourth-order valence-corrected chi connectivity index (χ4v) is 2.48. The van der Waals surface area contributed by atoms with Crippen molar-refractivity contribution < 1.29 is 4.79 Å². The Balaban J connectivity index is 2.24. The second-order valence-corrected chi connectivity index (χ2v) is 5.45. The molecule has 2 rings (SSSR count). The zero-order valence-corrected chi connectivity index (χ0v) is 11.3. The second-order valence-electron chi connectivity index (χ2n) is 3.15. The van der Waals surface area contributed by atoms with Crippen LogP contribution in [0.4, 0.5) is 0 Å². The molecule has 0 radical (unpaired) electrons. The maximum atomic E-state index is 11.9. The van der Waals surface area contributed by atoms with Gasteiger partial charge in [0.1, 0.15) is 5.01 Å². The molecule has 82 valence electrons. The number of rotatable bonds is 3. The van der Waals surface area contributed by atoms with Crippen molar-refractivity contribution in [2.24, 2.45) is 0 Å². The van der Waals surface area contributed by atoms with Crippen molar-refractivity contribution in [2.45, 2.75) is 6.42 Å². The van der Waals surface area contributed by atoms with Gasteiger partial charge in [0.2, 0.25) is 0 Å².